The molecule has 1 unspecified atom stereocenters. The van der Waals surface area contributed by atoms with Gasteiger partial charge in [0, 0.05) is 13.6 Å². The van der Waals surface area contributed by atoms with E-state index in [9.17, 15) is 9.59 Å². The molecule has 3 heteroatoms. The van der Waals surface area contributed by atoms with Gasteiger partial charge in [-0.25, -0.2) is 0 Å². The topological polar surface area (TPSA) is 34.1 Å². The fourth-order valence-corrected chi connectivity index (χ4v) is 3.42. The van der Waals surface area contributed by atoms with Crippen LogP contribution >= 0.6 is 0 Å². The van der Waals surface area contributed by atoms with Gasteiger partial charge in [0.1, 0.15) is 5.78 Å². The van der Waals surface area contributed by atoms with Crippen LogP contribution in [-0.2, 0) is 4.79 Å². The normalized spacial score (nSPS) is 13.1. The van der Waals surface area contributed by atoms with E-state index in [2.05, 4.69) is 19.6 Å². The number of Topliss-reactive ketones (excluding diaryl/α,β-unsaturated/α-hetero) is 2. The minimum absolute atomic E-state index is 0.00979. The van der Waals surface area contributed by atoms with E-state index in [0.29, 0.717) is 12.0 Å². The molecule has 1 atom stereocenters. The van der Waals surface area contributed by atoms with Crippen LogP contribution in [0, 0.1) is 5.92 Å². The lowest BCUT2D eigenvalue weighted by molar-refractivity contribution is -0.119. The summed E-state index contributed by atoms with van der Waals surface area (Å²) in [5, 5.41) is 0. The van der Waals surface area contributed by atoms with Crippen LogP contribution in [0.2, 0.25) is 25.7 Å². The van der Waals surface area contributed by atoms with E-state index >= 15 is 0 Å². The molecule has 0 saturated heterocycles. The average Bonchev–Trinajstić information content (AvgIpc) is 2.33. The van der Waals surface area contributed by atoms with Crippen LogP contribution in [0.15, 0.2) is 30.3 Å². The summed E-state index contributed by atoms with van der Waals surface area (Å²) in [5.41, 5.74) is 0.649. The summed E-state index contributed by atoms with van der Waals surface area (Å²) < 4.78 is 0. The minimum atomic E-state index is -1.10. The summed E-state index contributed by atoms with van der Waals surface area (Å²) in [6.45, 7) is 8.47. The van der Waals surface area contributed by atoms with Gasteiger partial charge < -0.3 is 0 Å². The molecule has 0 aromatic heterocycles. The molecule has 0 bridgehead atoms. The first-order valence-corrected chi connectivity index (χ1v) is 10.6. The molecule has 0 heterocycles. The molecule has 0 aliphatic carbocycles. The second-order valence-corrected chi connectivity index (χ2v) is 12.0. The maximum atomic E-state index is 12.3. The van der Waals surface area contributed by atoms with Gasteiger partial charge in [-0.05, 0) is 13.3 Å². The Bertz CT molecular complexity index is 432. The van der Waals surface area contributed by atoms with Gasteiger partial charge in [0.2, 0.25) is 0 Å². The van der Waals surface area contributed by atoms with Gasteiger partial charge in [-0.2, -0.15) is 0 Å². The summed E-state index contributed by atoms with van der Waals surface area (Å²) >= 11 is 0. The zero-order valence-corrected chi connectivity index (χ0v) is 13.4. The van der Waals surface area contributed by atoms with Crippen molar-refractivity contribution in [1.82, 2.24) is 0 Å². The summed E-state index contributed by atoms with van der Waals surface area (Å²) in [7, 11) is -1.10. The fourth-order valence-electron chi connectivity index (χ4n) is 2.16. The monoisotopic (exact) mass is 276 g/mol. The molecular weight excluding hydrogens is 252 g/mol. The van der Waals surface area contributed by atoms with Crippen LogP contribution < -0.4 is 0 Å². The summed E-state index contributed by atoms with van der Waals surface area (Å²) in [6.07, 6.45) is 1.66. The summed E-state index contributed by atoms with van der Waals surface area (Å²) in [4.78, 5) is 24.0. The molecule has 104 valence electrons. The van der Waals surface area contributed by atoms with Crippen LogP contribution in [0.1, 0.15) is 30.1 Å². The van der Waals surface area contributed by atoms with Crippen molar-refractivity contribution in [2.45, 2.75) is 45.5 Å². The number of rotatable bonds is 7. The Labute approximate surface area is 117 Å². The van der Waals surface area contributed by atoms with E-state index in [-0.39, 0.29) is 11.6 Å². The van der Waals surface area contributed by atoms with Crippen LogP contribution in [0.4, 0.5) is 0 Å². The largest absolute Gasteiger partial charge is 0.299 e. The quantitative estimate of drug-likeness (QED) is 0.425. The van der Waals surface area contributed by atoms with E-state index in [1.54, 1.807) is 12.1 Å². The van der Waals surface area contributed by atoms with Crippen LogP contribution in [0.25, 0.3) is 0 Å². The number of carbonyl (C=O) groups excluding carboxylic acids is 2. The number of ketones is 2. The Hall–Kier alpha value is -1.22. The molecule has 2 nitrogen and oxygen atoms in total. The lowest BCUT2D eigenvalue weighted by atomic mass is 9.90. The SMILES string of the molecule is CC(=O)C(CCC[Si](C)(C)C)C(=O)c1ccccc1. The predicted octanol–water partition coefficient (Wildman–Crippen LogP) is 4.19. The van der Waals surface area contributed by atoms with Gasteiger partial charge in [-0.15, -0.1) is 0 Å². The van der Waals surface area contributed by atoms with Gasteiger partial charge in [-0.1, -0.05) is 62.4 Å². The summed E-state index contributed by atoms with van der Waals surface area (Å²) in [6, 6.07) is 10.3. The van der Waals surface area contributed by atoms with Gasteiger partial charge in [0.15, 0.2) is 5.78 Å². The Morgan fingerprint density at radius 3 is 2.16 bits per heavy atom. The molecule has 0 radical (unpaired) electrons. The molecule has 1 rings (SSSR count). The van der Waals surface area contributed by atoms with Crippen molar-refractivity contribution in [2.75, 3.05) is 0 Å². The molecule has 0 fully saturated rings. The standard InChI is InChI=1S/C16H24O2Si/c1-13(17)15(11-8-12-19(2,3)4)16(18)14-9-6-5-7-10-14/h5-7,9-10,15H,8,11-12H2,1-4H3. The van der Waals surface area contributed by atoms with Crippen molar-refractivity contribution in [3.05, 3.63) is 35.9 Å². The molecule has 0 amide bonds. The Morgan fingerprint density at radius 2 is 1.68 bits per heavy atom. The van der Waals surface area contributed by atoms with Crippen LogP contribution in [-0.4, -0.2) is 19.6 Å². The van der Waals surface area contributed by atoms with E-state index < -0.39 is 14.0 Å². The lowest BCUT2D eigenvalue weighted by Gasteiger charge is -2.18. The van der Waals surface area contributed by atoms with Crippen molar-refractivity contribution in [3.8, 4) is 0 Å². The maximum absolute atomic E-state index is 12.3. The molecule has 0 spiro atoms. The fraction of sp³-hybridized carbons (Fsp3) is 0.500. The second-order valence-electron chi connectivity index (χ2n) is 6.35. The number of hydrogen-bond donors (Lipinski definition) is 0. The van der Waals surface area contributed by atoms with Crippen LogP contribution in [0.5, 0.6) is 0 Å². The number of hydrogen-bond acceptors (Lipinski definition) is 2. The third-order valence-corrected chi connectivity index (χ3v) is 5.14. The van der Waals surface area contributed by atoms with Gasteiger partial charge in [0.25, 0.3) is 0 Å². The molecule has 0 N–H and O–H groups in total. The van der Waals surface area contributed by atoms with Gasteiger partial charge >= 0.3 is 0 Å². The first-order chi connectivity index (χ1) is 8.81. The molecule has 1 aromatic rings. The predicted molar refractivity (Wildman–Crippen MR) is 82.3 cm³/mol. The van der Waals surface area contributed by atoms with Crippen molar-refractivity contribution < 1.29 is 9.59 Å². The average molecular weight is 276 g/mol. The van der Waals surface area contributed by atoms with E-state index in [0.717, 1.165) is 6.42 Å². The molecule has 19 heavy (non-hydrogen) atoms. The molecule has 1 aromatic carbocycles. The van der Waals surface area contributed by atoms with Crippen molar-refractivity contribution in [2.24, 2.45) is 5.92 Å². The number of carbonyl (C=O) groups is 2. The van der Waals surface area contributed by atoms with Gasteiger partial charge in [-0.3, -0.25) is 9.59 Å². The lowest BCUT2D eigenvalue weighted by Crippen LogP contribution is -2.24. The minimum Gasteiger partial charge on any atom is -0.299 e. The Morgan fingerprint density at radius 1 is 1.11 bits per heavy atom. The highest BCUT2D eigenvalue weighted by Crippen LogP contribution is 2.20. The summed E-state index contributed by atoms with van der Waals surface area (Å²) in [5.74, 6) is -0.494. The smallest absolute Gasteiger partial charge is 0.173 e. The van der Waals surface area contributed by atoms with Crippen molar-refractivity contribution in [1.29, 1.82) is 0 Å². The third-order valence-electron chi connectivity index (χ3n) is 3.29. The van der Waals surface area contributed by atoms with Crippen LogP contribution in [0.3, 0.4) is 0 Å². The maximum Gasteiger partial charge on any atom is 0.173 e. The van der Waals surface area contributed by atoms with E-state index in [4.69, 9.17) is 0 Å². The first-order valence-electron chi connectivity index (χ1n) is 6.91. The Kier molecular flexibility index (Phi) is 5.67. The number of benzene rings is 1. The molecule has 0 saturated carbocycles. The molecule has 0 aliphatic heterocycles. The van der Waals surface area contributed by atoms with Crippen molar-refractivity contribution >= 4 is 19.6 Å². The zero-order valence-electron chi connectivity index (χ0n) is 12.4. The first kappa shape index (κ1) is 15.8. The molecule has 0 aliphatic rings. The highest BCUT2D eigenvalue weighted by atomic mass is 28.3. The van der Waals surface area contributed by atoms with Crippen molar-refractivity contribution in [3.63, 3.8) is 0 Å². The molecular formula is C16H24O2Si. The third kappa shape index (κ3) is 5.51. The van der Waals surface area contributed by atoms with Gasteiger partial charge in [0.05, 0.1) is 5.92 Å². The highest BCUT2D eigenvalue weighted by Gasteiger charge is 2.24. The Balaban J connectivity index is 2.68. The van der Waals surface area contributed by atoms with E-state index in [1.165, 1.54) is 13.0 Å². The zero-order chi connectivity index (χ0) is 14.5. The van der Waals surface area contributed by atoms with E-state index in [1.807, 2.05) is 18.2 Å². The highest BCUT2D eigenvalue weighted by molar-refractivity contribution is 6.76. The second kappa shape index (κ2) is 6.80.